The van der Waals surface area contributed by atoms with Crippen molar-refractivity contribution >= 4 is 5.82 Å². The van der Waals surface area contributed by atoms with Gasteiger partial charge >= 0.3 is 0 Å². The van der Waals surface area contributed by atoms with E-state index in [0.717, 1.165) is 36.3 Å². The molecule has 0 saturated carbocycles. The van der Waals surface area contributed by atoms with Gasteiger partial charge in [0.15, 0.2) is 11.5 Å². The molecule has 9 heteroatoms. The maximum atomic E-state index is 5.64. The maximum Gasteiger partial charge on any atom is 0.244 e. The maximum absolute atomic E-state index is 5.64. The zero-order valence-electron chi connectivity index (χ0n) is 18.2. The number of anilines is 1. The number of nitrogens with zero attached hydrogens (tertiary/aromatic N) is 4. The van der Waals surface area contributed by atoms with Crippen molar-refractivity contribution in [3.63, 3.8) is 0 Å². The molecule has 0 radical (unpaired) electrons. The van der Waals surface area contributed by atoms with Crippen LogP contribution in [0.1, 0.15) is 30.3 Å². The van der Waals surface area contributed by atoms with E-state index in [2.05, 4.69) is 25.3 Å². The number of pyridine rings is 1. The molecule has 0 bridgehead atoms. The molecule has 0 aliphatic carbocycles. The van der Waals surface area contributed by atoms with Crippen LogP contribution in [-0.4, -0.2) is 54.9 Å². The fourth-order valence-corrected chi connectivity index (χ4v) is 3.92. The summed E-state index contributed by atoms with van der Waals surface area (Å²) >= 11 is 0. The van der Waals surface area contributed by atoms with Crippen molar-refractivity contribution < 1.29 is 18.7 Å². The van der Waals surface area contributed by atoms with Crippen LogP contribution in [0.15, 0.2) is 35.0 Å². The molecule has 0 spiro atoms. The third kappa shape index (κ3) is 4.27. The van der Waals surface area contributed by atoms with Gasteiger partial charge in [-0.15, -0.1) is 0 Å². The topological polar surface area (TPSA) is 94.8 Å². The van der Waals surface area contributed by atoms with Gasteiger partial charge in [-0.05, 0) is 49.2 Å². The van der Waals surface area contributed by atoms with Crippen LogP contribution in [0.25, 0.3) is 11.4 Å². The number of nitrogens with one attached hydrogen (secondary N) is 1. The van der Waals surface area contributed by atoms with E-state index in [-0.39, 0.29) is 6.04 Å². The summed E-state index contributed by atoms with van der Waals surface area (Å²) in [4.78, 5) is 11.3. The van der Waals surface area contributed by atoms with Crippen molar-refractivity contribution in [1.82, 2.24) is 20.0 Å². The van der Waals surface area contributed by atoms with E-state index in [4.69, 9.17) is 18.7 Å². The normalized spacial score (nSPS) is 16.3. The smallest absolute Gasteiger partial charge is 0.244 e. The minimum atomic E-state index is 0.0601. The highest BCUT2D eigenvalue weighted by molar-refractivity contribution is 5.55. The molecule has 1 aromatic carbocycles. The third-order valence-electron chi connectivity index (χ3n) is 5.48. The average molecular weight is 425 g/mol. The summed E-state index contributed by atoms with van der Waals surface area (Å²) in [5.41, 5.74) is 1.89. The quantitative estimate of drug-likeness (QED) is 0.581. The summed E-state index contributed by atoms with van der Waals surface area (Å²) in [6.45, 7) is 1.65. The second-order valence-corrected chi connectivity index (χ2v) is 7.30. The first-order valence-corrected chi connectivity index (χ1v) is 10.2. The van der Waals surface area contributed by atoms with Crippen molar-refractivity contribution in [2.75, 3.05) is 40.2 Å². The molecular formula is C22H27N5O4. The number of hydrogen-bond acceptors (Lipinski definition) is 9. The molecule has 2 aromatic heterocycles. The molecule has 1 fully saturated rings. The van der Waals surface area contributed by atoms with Gasteiger partial charge in [0.25, 0.3) is 0 Å². The Balaban J connectivity index is 1.54. The Morgan fingerprint density at radius 3 is 2.52 bits per heavy atom. The van der Waals surface area contributed by atoms with Gasteiger partial charge in [-0.25, -0.2) is 4.98 Å². The Bertz CT molecular complexity index is 996. The molecule has 0 unspecified atom stereocenters. The molecule has 3 aromatic rings. The summed E-state index contributed by atoms with van der Waals surface area (Å²) < 4.78 is 22.0. The van der Waals surface area contributed by atoms with E-state index in [1.807, 2.05) is 31.3 Å². The molecule has 9 nitrogen and oxygen atoms in total. The standard InChI is InChI=1S/C22H27N5O4/c1-23-19-8-7-15(12-24-19)21-25-22(31-26-21)16-6-5-9-27(16)13-14-10-17(28-2)20(30-4)18(11-14)29-3/h7-8,10-12,16H,5-6,9,13H2,1-4H3,(H,23,24)/t16-/m0/s1. The van der Waals surface area contributed by atoms with Gasteiger partial charge in [-0.1, -0.05) is 5.16 Å². The van der Waals surface area contributed by atoms with Crippen molar-refractivity contribution in [2.45, 2.75) is 25.4 Å². The lowest BCUT2D eigenvalue weighted by Gasteiger charge is -2.22. The van der Waals surface area contributed by atoms with E-state index in [1.54, 1.807) is 27.5 Å². The van der Waals surface area contributed by atoms with Crippen LogP contribution < -0.4 is 19.5 Å². The summed E-state index contributed by atoms with van der Waals surface area (Å²) in [6.07, 6.45) is 3.76. The fourth-order valence-electron chi connectivity index (χ4n) is 3.92. The zero-order chi connectivity index (χ0) is 21.8. The molecule has 1 aliphatic heterocycles. The van der Waals surface area contributed by atoms with Crippen LogP contribution in [0.5, 0.6) is 17.2 Å². The lowest BCUT2D eigenvalue weighted by molar-refractivity contribution is 0.200. The Hall–Kier alpha value is -3.33. The van der Waals surface area contributed by atoms with Crippen molar-refractivity contribution in [3.8, 4) is 28.6 Å². The van der Waals surface area contributed by atoms with E-state index < -0.39 is 0 Å². The van der Waals surface area contributed by atoms with Gasteiger partial charge < -0.3 is 24.1 Å². The van der Waals surface area contributed by atoms with Gasteiger partial charge in [0, 0.05) is 25.4 Å². The lowest BCUT2D eigenvalue weighted by Crippen LogP contribution is -2.23. The first-order chi connectivity index (χ1) is 15.2. The van der Waals surface area contributed by atoms with E-state index in [9.17, 15) is 0 Å². The molecule has 1 aliphatic rings. The Kier molecular flexibility index (Phi) is 6.22. The van der Waals surface area contributed by atoms with Gasteiger partial charge in [-0.2, -0.15) is 4.98 Å². The van der Waals surface area contributed by atoms with Crippen LogP contribution in [0, 0.1) is 0 Å². The fraction of sp³-hybridized carbons (Fsp3) is 0.409. The number of benzene rings is 1. The predicted molar refractivity (Wildman–Crippen MR) is 116 cm³/mol. The molecule has 3 heterocycles. The Morgan fingerprint density at radius 1 is 1.13 bits per heavy atom. The third-order valence-corrected chi connectivity index (χ3v) is 5.48. The van der Waals surface area contributed by atoms with Crippen LogP contribution in [0.2, 0.25) is 0 Å². The second kappa shape index (κ2) is 9.22. The van der Waals surface area contributed by atoms with Gasteiger partial charge in [0.1, 0.15) is 5.82 Å². The monoisotopic (exact) mass is 425 g/mol. The van der Waals surface area contributed by atoms with E-state index in [0.29, 0.717) is 35.5 Å². The van der Waals surface area contributed by atoms with Crippen molar-refractivity contribution in [2.24, 2.45) is 0 Å². The van der Waals surface area contributed by atoms with Crippen molar-refractivity contribution in [1.29, 1.82) is 0 Å². The van der Waals surface area contributed by atoms with Crippen molar-refractivity contribution in [3.05, 3.63) is 41.9 Å². The predicted octanol–water partition coefficient (Wildman–Crippen LogP) is 3.54. The highest BCUT2D eigenvalue weighted by atomic mass is 16.5. The van der Waals surface area contributed by atoms with Gasteiger partial charge in [-0.3, -0.25) is 4.90 Å². The Morgan fingerprint density at radius 2 is 1.90 bits per heavy atom. The molecule has 0 amide bonds. The molecule has 1 saturated heterocycles. The first kappa shape index (κ1) is 20.9. The minimum Gasteiger partial charge on any atom is -0.493 e. The number of hydrogen-bond donors (Lipinski definition) is 1. The largest absolute Gasteiger partial charge is 0.493 e. The molecule has 4 rings (SSSR count). The molecule has 164 valence electrons. The summed E-state index contributed by atoms with van der Waals surface area (Å²) in [6, 6.07) is 7.83. The number of rotatable bonds is 8. The number of likely N-dealkylation sites (tertiary alicyclic amines) is 1. The van der Waals surface area contributed by atoms with Crippen LogP contribution in [0.4, 0.5) is 5.82 Å². The molecule has 1 N–H and O–H groups in total. The summed E-state index contributed by atoms with van der Waals surface area (Å²) in [7, 11) is 6.68. The molecular weight excluding hydrogens is 398 g/mol. The van der Waals surface area contributed by atoms with Gasteiger partial charge in [0.2, 0.25) is 17.5 Å². The number of methoxy groups -OCH3 is 3. The van der Waals surface area contributed by atoms with Crippen LogP contribution in [0.3, 0.4) is 0 Å². The molecule has 1 atom stereocenters. The summed E-state index contributed by atoms with van der Waals surface area (Å²) in [5.74, 6) is 3.84. The highest BCUT2D eigenvalue weighted by Crippen LogP contribution is 2.40. The Labute approximate surface area is 181 Å². The van der Waals surface area contributed by atoms with E-state index >= 15 is 0 Å². The van der Waals surface area contributed by atoms with Gasteiger partial charge in [0.05, 0.1) is 27.4 Å². The lowest BCUT2D eigenvalue weighted by atomic mass is 10.1. The summed E-state index contributed by atoms with van der Waals surface area (Å²) in [5, 5.41) is 7.18. The van der Waals surface area contributed by atoms with Crippen LogP contribution in [-0.2, 0) is 6.54 Å². The SMILES string of the molecule is CNc1ccc(-c2noc([C@@H]3CCCN3Cc3cc(OC)c(OC)c(OC)c3)n2)cn1. The van der Waals surface area contributed by atoms with E-state index in [1.165, 1.54) is 0 Å². The van der Waals surface area contributed by atoms with Crippen LogP contribution >= 0.6 is 0 Å². The highest BCUT2D eigenvalue weighted by Gasteiger charge is 2.31. The zero-order valence-corrected chi connectivity index (χ0v) is 18.2. The second-order valence-electron chi connectivity index (χ2n) is 7.30. The minimum absolute atomic E-state index is 0.0601. The number of aromatic nitrogens is 3. The molecule has 31 heavy (non-hydrogen) atoms. The first-order valence-electron chi connectivity index (χ1n) is 10.2. The average Bonchev–Trinajstić information content (AvgIpc) is 3.48. The number of ether oxygens (including phenoxy) is 3.